The van der Waals surface area contributed by atoms with Crippen molar-refractivity contribution in [3.63, 3.8) is 0 Å². The van der Waals surface area contributed by atoms with E-state index in [4.69, 9.17) is 9.84 Å². The Morgan fingerprint density at radius 3 is 2.65 bits per heavy atom. The summed E-state index contributed by atoms with van der Waals surface area (Å²) in [6, 6.07) is 7.82. The second-order valence-corrected chi connectivity index (χ2v) is 5.19. The fraction of sp³-hybridized carbons (Fsp3) is 0.533. The molecule has 1 amide bonds. The van der Waals surface area contributed by atoms with Crippen molar-refractivity contribution in [1.29, 1.82) is 0 Å². The van der Waals surface area contributed by atoms with Crippen LogP contribution in [0, 0.1) is 5.92 Å². The Morgan fingerprint density at radius 1 is 1.40 bits per heavy atom. The molecule has 1 aliphatic rings. The first-order valence-corrected chi connectivity index (χ1v) is 6.88. The highest BCUT2D eigenvalue weighted by molar-refractivity contribution is 5.65. The molecular weight excluding hydrogens is 258 g/mol. The minimum Gasteiger partial charge on any atom is -0.497 e. The molecule has 5 heteroatoms. The molecule has 0 radical (unpaired) electrons. The van der Waals surface area contributed by atoms with Crippen LogP contribution in [0.1, 0.15) is 24.3 Å². The lowest BCUT2D eigenvalue weighted by Crippen LogP contribution is -2.35. The van der Waals surface area contributed by atoms with Crippen molar-refractivity contribution in [2.45, 2.75) is 18.8 Å². The van der Waals surface area contributed by atoms with Crippen molar-refractivity contribution in [3.05, 3.63) is 29.8 Å². The van der Waals surface area contributed by atoms with Crippen LogP contribution in [0.15, 0.2) is 24.3 Å². The van der Waals surface area contributed by atoms with Crippen molar-refractivity contribution in [3.8, 4) is 5.75 Å². The summed E-state index contributed by atoms with van der Waals surface area (Å²) in [5.74, 6) is 0.937. The summed E-state index contributed by atoms with van der Waals surface area (Å²) in [5.41, 5.74) is 1.14. The van der Waals surface area contributed by atoms with Crippen LogP contribution in [0.25, 0.3) is 0 Å². The largest absolute Gasteiger partial charge is 0.497 e. The van der Waals surface area contributed by atoms with Crippen molar-refractivity contribution < 1.29 is 19.7 Å². The summed E-state index contributed by atoms with van der Waals surface area (Å²) in [4.78, 5) is 12.5. The van der Waals surface area contributed by atoms with Crippen LogP contribution in [0.4, 0.5) is 4.79 Å². The molecule has 5 nitrogen and oxygen atoms in total. The summed E-state index contributed by atoms with van der Waals surface area (Å²) in [6.07, 6.45) is 0.805. The van der Waals surface area contributed by atoms with Gasteiger partial charge in [0, 0.05) is 25.6 Å². The van der Waals surface area contributed by atoms with Gasteiger partial charge in [-0.1, -0.05) is 12.1 Å². The van der Waals surface area contributed by atoms with E-state index in [0.29, 0.717) is 13.1 Å². The maximum atomic E-state index is 11.1. The molecule has 0 aromatic heterocycles. The molecule has 1 saturated heterocycles. The zero-order valence-corrected chi connectivity index (χ0v) is 11.7. The molecule has 2 rings (SSSR count). The fourth-order valence-corrected chi connectivity index (χ4v) is 2.89. The van der Waals surface area contributed by atoms with E-state index in [1.54, 1.807) is 7.11 Å². The van der Waals surface area contributed by atoms with Gasteiger partial charge in [0.1, 0.15) is 5.75 Å². The number of rotatable bonds is 3. The van der Waals surface area contributed by atoms with Gasteiger partial charge in [0.15, 0.2) is 0 Å². The number of aliphatic hydroxyl groups is 1. The number of ether oxygens (including phenoxy) is 1. The Hall–Kier alpha value is -1.75. The molecule has 1 heterocycles. The number of carboxylic acid groups (broad SMARTS) is 1. The maximum Gasteiger partial charge on any atom is 0.407 e. The van der Waals surface area contributed by atoms with Crippen LogP contribution in [0.3, 0.4) is 0 Å². The zero-order valence-electron chi connectivity index (χ0n) is 11.7. The lowest BCUT2D eigenvalue weighted by Gasteiger charge is -2.26. The van der Waals surface area contributed by atoms with Crippen LogP contribution in [-0.4, -0.2) is 48.0 Å². The Balaban J connectivity index is 2.17. The monoisotopic (exact) mass is 279 g/mol. The minimum atomic E-state index is -0.904. The van der Waals surface area contributed by atoms with Gasteiger partial charge >= 0.3 is 6.09 Å². The van der Waals surface area contributed by atoms with E-state index in [-0.39, 0.29) is 18.4 Å². The molecule has 0 saturated carbocycles. The molecule has 0 aliphatic carbocycles. The molecule has 0 bridgehead atoms. The molecule has 20 heavy (non-hydrogen) atoms. The van der Waals surface area contributed by atoms with Crippen LogP contribution < -0.4 is 4.74 Å². The normalized spacial score (nSPS) is 23.2. The summed E-state index contributed by atoms with van der Waals surface area (Å²) < 4.78 is 5.15. The molecule has 1 aromatic carbocycles. The van der Waals surface area contributed by atoms with Crippen molar-refractivity contribution in [1.82, 2.24) is 4.90 Å². The Bertz CT molecular complexity index is 446. The molecule has 1 fully saturated rings. The van der Waals surface area contributed by atoms with Crippen LogP contribution >= 0.6 is 0 Å². The Labute approximate surface area is 118 Å². The van der Waals surface area contributed by atoms with Gasteiger partial charge in [-0.3, -0.25) is 0 Å². The number of amides is 1. The second-order valence-electron chi connectivity index (χ2n) is 5.19. The average molecular weight is 279 g/mol. The van der Waals surface area contributed by atoms with Gasteiger partial charge in [0.2, 0.25) is 0 Å². The highest BCUT2D eigenvalue weighted by Gasteiger charge is 2.29. The third-order valence-electron chi connectivity index (χ3n) is 4.02. The average Bonchev–Trinajstić information content (AvgIpc) is 2.69. The summed E-state index contributed by atoms with van der Waals surface area (Å²) >= 11 is 0. The first-order chi connectivity index (χ1) is 9.65. The number of likely N-dealkylation sites (tertiary alicyclic amines) is 1. The fourth-order valence-electron chi connectivity index (χ4n) is 2.89. The third kappa shape index (κ3) is 3.22. The quantitative estimate of drug-likeness (QED) is 0.889. The molecule has 110 valence electrons. The standard InChI is InChI=1S/C15H21NO4/c1-20-13-6-4-11(5-7-13)14-3-2-8-16(15(18)19)9-12(14)10-17/h4-7,12,14,17H,2-3,8-10H2,1H3,(H,18,19)/t12-,14-/m0/s1. The molecule has 0 unspecified atom stereocenters. The number of nitrogens with zero attached hydrogens (tertiary/aromatic N) is 1. The van der Waals surface area contributed by atoms with Gasteiger partial charge in [-0.25, -0.2) is 4.79 Å². The topological polar surface area (TPSA) is 70.0 Å². The summed E-state index contributed by atoms with van der Waals surface area (Å²) in [5, 5.41) is 18.7. The molecule has 1 aliphatic heterocycles. The van der Waals surface area contributed by atoms with E-state index < -0.39 is 6.09 Å². The lowest BCUT2D eigenvalue weighted by molar-refractivity contribution is 0.126. The molecule has 2 atom stereocenters. The zero-order chi connectivity index (χ0) is 14.5. The van der Waals surface area contributed by atoms with Crippen molar-refractivity contribution in [2.24, 2.45) is 5.92 Å². The molecule has 0 spiro atoms. The van der Waals surface area contributed by atoms with Gasteiger partial charge in [-0.05, 0) is 36.5 Å². The number of benzene rings is 1. The smallest absolute Gasteiger partial charge is 0.407 e. The number of hydrogen-bond acceptors (Lipinski definition) is 3. The van der Waals surface area contributed by atoms with Crippen molar-refractivity contribution in [2.75, 3.05) is 26.8 Å². The number of aliphatic hydroxyl groups excluding tert-OH is 1. The van der Waals surface area contributed by atoms with Crippen LogP contribution in [0.2, 0.25) is 0 Å². The molecular formula is C15H21NO4. The van der Waals surface area contributed by atoms with Gasteiger partial charge in [0.05, 0.1) is 7.11 Å². The maximum absolute atomic E-state index is 11.1. The lowest BCUT2D eigenvalue weighted by atomic mass is 9.84. The Morgan fingerprint density at radius 2 is 2.10 bits per heavy atom. The van der Waals surface area contributed by atoms with Crippen LogP contribution in [-0.2, 0) is 0 Å². The van der Waals surface area contributed by atoms with E-state index in [1.165, 1.54) is 4.90 Å². The van der Waals surface area contributed by atoms with E-state index >= 15 is 0 Å². The van der Waals surface area contributed by atoms with Crippen molar-refractivity contribution >= 4 is 6.09 Å². The predicted molar refractivity (Wildman–Crippen MR) is 75.1 cm³/mol. The second kappa shape index (κ2) is 6.61. The van der Waals surface area contributed by atoms with Crippen LogP contribution in [0.5, 0.6) is 5.75 Å². The van der Waals surface area contributed by atoms with Gasteiger partial charge in [0.25, 0.3) is 0 Å². The van der Waals surface area contributed by atoms with Gasteiger partial charge < -0.3 is 19.8 Å². The number of methoxy groups -OCH3 is 1. The number of carbonyl (C=O) groups is 1. The summed E-state index contributed by atoms with van der Waals surface area (Å²) in [7, 11) is 1.63. The predicted octanol–water partition coefficient (Wildman–Crippen LogP) is 2.16. The Kier molecular flexibility index (Phi) is 4.84. The van der Waals surface area contributed by atoms with E-state index in [1.807, 2.05) is 24.3 Å². The molecule has 1 aromatic rings. The minimum absolute atomic E-state index is 0.000472. The molecule has 2 N–H and O–H groups in total. The first-order valence-electron chi connectivity index (χ1n) is 6.88. The third-order valence-corrected chi connectivity index (χ3v) is 4.02. The first kappa shape index (κ1) is 14.7. The van der Waals surface area contributed by atoms with E-state index in [0.717, 1.165) is 24.2 Å². The summed E-state index contributed by atoms with van der Waals surface area (Å²) in [6.45, 7) is 0.932. The van der Waals surface area contributed by atoms with E-state index in [2.05, 4.69) is 0 Å². The highest BCUT2D eigenvalue weighted by atomic mass is 16.5. The van der Waals surface area contributed by atoms with Gasteiger partial charge in [-0.2, -0.15) is 0 Å². The van der Waals surface area contributed by atoms with Gasteiger partial charge in [-0.15, -0.1) is 0 Å². The highest BCUT2D eigenvalue weighted by Crippen LogP contribution is 2.33. The van der Waals surface area contributed by atoms with E-state index in [9.17, 15) is 9.90 Å². The SMILES string of the molecule is COc1ccc([C@@H]2CCCN(C(=O)O)C[C@H]2CO)cc1. The number of hydrogen-bond donors (Lipinski definition) is 2.